The van der Waals surface area contributed by atoms with Gasteiger partial charge in [0.05, 0.1) is 11.6 Å². The van der Waals surface area contributed by atoms with Crippen molar-refractivity contribution in [3.63, 3.8) is 0 Å². The van der Waals surface area contributed by atoms with Gasteiger partial charge in [-0.2, -0.15) is 5.26 Å². The highest BCUT2D eigenvalue weighted by atomic mass is 19.1. The molecule has 0 saturated carbocycles. The summed E-state index contributed by atoms with van der Waals surface area (Å²) in [5.41, 5.74) is 3.30. The lowest BCUT2D eigenvalue weighted by atomic mass is 9.98. The van der Waals surface area contributed by atoms with Crippen LogP contribution in [0.2, 0.25) is 0 Å². The number of hydrogen-bond acceptors (Lipinski definition) is 2. The SMILES string of the molecule is CC(C)NCc1ccc(F)cc1-c1cccc(C#N)c1. The van der Waals surface area contributed by atoms with E-state index in [1.807, 2.05) is 12.1 Å². The predicted octanol–water partition coefficient (Wildman–Crippen LogP) is 3.86. The number of rotatable bonds is 4. The van der Waals surface area contributed by atoms with Crippen LogP contribution in [0.4, 0.5) is 4.39 Å². The molecule has 0 aliphatic rings. The van der Waals surface area contributed by atoms with Crippen molar-refractivity contribution in [2.75, 3.05) is 0 Å². The molecule has 0 aliphatic carbocycles. The van der Waals surface area contributed by atoms with E-state index in [2.05, 4.69) is 25.2 Å². The highest BCUT2D eigenvalue weighted by Gasteiger charge is 2.08. The van der Waals surface area contributed by atoms with E-state index in [1.54, 1.807) is 18.2 Å². The monoisotopic (exact) mass is 268 g/mol. The summed E-state index contributed by atoms with van der Waals surface area (Å²) in [5.74, 6) is -0.268. The van der Waals surface area contributed by atoms with Crippen molar-refractivity contribution in [1.29, 1.82) is 5.26 Å². The number of nitrogens with one attached hydrogen (secondary N) is 1. The van der Waals surface area contributed by atoms with E-state index in [-0.39, 0.29) is 5.82 Å². The van der Waals surface area contributed by atoms with Gasteiger partial charge in [0.1, 0.15) is 5.82 Å². The van der Waals surface area contributed by atoms with Crippen LogP contribution >= 0.6 is 0 Å². The summed E-state index contributed by atoms with van der Waals surface area (Å²) in [5, 5.41) is 12.3. The lowest BCUT2D eigenvalue weighted by molar-refractivity contribution is 0.587. The molecule has 0 unspecified atom stereocenters. The molecule has 0 heterocycles. The van der Waals surface area contributed by atoms with Gasteiger partial charge in [-0.1, -0.05) is 32.0 Å². The van der Waals surface area contributed by atoms with Gasteiger partial charge in [0, 0.05) is 12.6 Å². The van der Waals surface area contributed by atoms with Crippen molar-refractivity contribution in [1.82, 2.24) is 5.32 Å². The Balaban J connectivity index is 2.43. The maximum atomic E-state index is 13.5. The zero-order chi connectivity index (χ0) is 14.5. The molecule has 1 N–H and O–H groups in total. The minimum atomic E-state index is -0.268. The normalized spacial score (nSPS) is 10.6. The molecule has 0 aromatic heterocycles. The Morgan fingerprint density at radius 3 is 2.70 bits per heavy atom. The Labute approximate surface area is 118 Å². The van der Waals surface area contributed by atoms with E-state index < -0.39 is 0 Å². The summed E-state index contributed by atoms with van der Waals surface area (Å²) in [6, 6.07) is 14.5. The van der Waals surface area contributed by atoms with Crippen LogP contribution in [-0.4, -0.2) is 6.04 Å². The fourth-order valence-electron chi connectivity index (χ4n) is 2.04. The third kappa shape index (κ3) is 3.43. The molecule has 0 saturated heterocycles. The van der Waals surface area contributed by atoms with Gasteiger partial charge in [-0.3, -0.25) is 0 Å². The van der Waals surface area contributed by atoms with Crippen LogP contribution in [0.5, 0.6) is 0 Å². The average molecular weight is 268 g/mol. The Bertz CT molecular complexity index is 642. The summed E-state index contributed by atoms with van der Waals surface area (Å²) < 4.78 is 13.5. The first-order valence-corrected chi connectivity index (χ1v) is 6.62. The standard InChI is InChI=1S/C17H17FN2/c1-12(2)20-11-15-6-7-16(18)9-17(15)14-5-3-4-13(8-14)10-19/h3-9,12,20H,11H2,1-2H3. The first-order chi connectivity index (χ1) is 9.60. The molecule has 102 valence electrons. The van der Waals surface area contributed by atoms with Crippen LogP contribution in [-0.2, 0) is 6.54 Å². The Hall–Kier alpha value is -2.18. The van der Waals surface area contributed by atoms with E-state index in [4.69, 9.17) is 5.26 Å². The molecule has 3 heteroatoms. The summed E-state index contributed by atoms with van der Waals surface area (Å²) in [6.07, 6.45) is 0. The number of hydrogen-bond donors (Lipinski definition) is 1. The van der Waals surface area contributed by atoms with Crippen molar-refractivity contribution in [2.45, 2.75) is 26.4 Å². The first-order valence-electron chi connectivity index (χ1n) is 6.62. The summed E-state index contributed by atoms with van der Waals surface area (Å²) >= 11 is 0. The molecule has 0 radical (unpaired) electrons. The van der Waals surface area contributed by atoms with E-state index >= 15 is 0 Å². The zero-order valence-electron chi connectivity index (χ0n) is 11.7. The fourth-order valence-corrected chi connectivity index (χ4v) is 2.04. The molecule has 0 spiro atoms. The lowest BCUT2D eigenvalue weighted by Gasteiger charge is -2.13. The van der Waals surface area contributed by atoms with Crippen LogP contribution in [0.15, 0.2) is 42.5 Å². The molecular weight excluding hydrogens is 251 g/mol. The van der Waals surface area contributed by atoms with E-state index in [9.17, 15) is 4.39 Å². The Morgan fingerprint density at radius 2 is 2.00 bits per heavy atom. The molecule has 0 amide bonds. The van der Waals surface area contributed by atoms with Crippen molar-refractivity contribution in [3.05, 3.63) is 59.4 Å². The van der Waals surface area contributed by atoms with Gasteiger partial charge < -0.3 is 5.32 Å². The minimum Gasteiger partial charge on any atom is -0.310 e. The summed E-state index contributed by atoms with van der Waals surface area (Å²) in [7, 11) is 0. The topological polar surface area (TPSA) is 35.8 Å². The molecule has 20 heavy (non-hydrogen) atoms. The van der Waals surface area contributed by atoms with Crippen LogP contribution in [0.25, 0.3) is 11.1 Å². The third-order valence-corrected chi connectivity index (χ3v) is 3.08. The third-order valence-electron chi connectivity index (χ3n) is 3.08. The van der Waals surface area contributed by atoms with Crippen LogP contribution < -0.4 is 5.32 Å². The van der Waals surface area contributed by atoms with Gasteiger partial charge in [0.2, 0.25) is 0 Å². The van der Waals surface area contributed by atoms with Crippen LogP contribution in [0.1, 0.15) is 25.0 Å². The molecule has 2 aromatic carbocycles. The van der Waals surface area contributed by atoms with Gasteiger partial charge in [0.25, 0.3) is 0 Å². The van der Waals surface area contributed by atoms with E-state index in [1.165, 1.54) is 12.1 Å². The maximum Gasteiger partial charge on any atom is 0.123 e. The highest BCUT2D eigenvalue weighted by molar-refractivity contribution is 5.68. The van der Waals surface area contributed by atoms with Crippen molar-refractivity contribution in [3.8, 4) is 17.2 Å². The molecule has 2 nitrogen and oxygen atoms in total. The van der Waals surface area contributed by atoms with Crippen molar-refractivity contribution in [2.24, 2.45) is 0 Å². The second-order valence-corrected chi connectivity index (χ2v) is 5.03. The number of benzene rings is 2. The molecule has 2 aromatic rings. The minimum absolute atomic E-state index is 0.268. The molecule has 0 aliphatic heterocycles. The molecular formula is C17H17FN2. The maximum absolute atomic E-state index is 13.5. The quantitative estimate of drug-likeness (QED) is 0.914. The van der Waals surface area contributed by atoms with E-state index in [0.29, 0.717) is 18.2 Å². The van der Waals surface area contributed by atoms with Gasteiger partial charge >= 0.3 is 0 Å². The molecule has 2 rings (SSSR count). The smallest absolute Gasteiger partial charge is 0.123 e. The number of nitriles is 1. The Kier molecular flexibility index (Phi) is 4.49. The first kappa shape index (κ1) is 14.2. The lowest BCUT2D eigenvalue weighted by Crippen LogP contribution is -2.22. The highest BCUT2D eigenvalue weighted by Crippen LogP contribution is 2.25. The predicted molar refractivity (Wildman–Crippen MR) is 78.5 cm³/mol. The van der Waals surface area contributed by atoms with Gasteiger partial charge in [-0.25, -0.2) is 4.39 Å². The van der Waals surface area contributed by atoms with Gasteiger partial charge in [-0.05, 0) is 41.0 Å². The van der Waals surface area contributed by atoms with Crippen LogP contribution in [0, 0.1) is 17.1 Å². The molecule has 0 atom stereocenters. The second-order valence-electron chi connectivity index (χ2n) is 5.03. The summed E-state index contributed by atoms with van der Waals surface area (Å²) in [4.78, 5) is 0. The largest absolute Gasteiger partial charge is 0.310 e. The van der Waals surface area contributed by atoms with Crippen molar-refractivity contribution >= 4 is 0 Å². The molecule has 0 fully saturated rings. The van der Waals surface area contributed by atoms with Gasteiger partial charge in [0.15, 0.2) is 0 Å². The van der Waals surface area contributed by atoms with E-state index in [0.717, 1.165) is 16.7 Å². The number of nitrogens with zero attached hydrogens (tertiary/aromatic N) is 1. The van der Waals surface area contributed by atoms with Crippen LogP contribution in [0.3, 0.4) is 0 Å². The van der Waals surface area contributed by atoms with Gasteiger partial charge in [-0.15, -0.1) is 0 Å². The fraction of sp³-hybridized carbons (Fsp3) is 0.235. The molecule has 0 bridgehead atoms. The number of halogens is 1. The van der Waals surface area contributed by atoms with Crippen molar-refractivity contribution < 1.29 is 4.39 Å². The second kappa shape index (κ2) is 6.31. The zero-order valence-corrected chi connectivity index (χ0v) is 11.7. The summed E-state index contributed by atoms with van der Waals surface area (Å²) in [6.45, 7) is 4.81. The average Bonchev–Trinajstić information content (AvgIpc) is 2.46. The Morgan fingerprint density at radius 1 is 1.20 bits per heavy atom.